The third-order valence-corrected chi connectivity index (χ3v) is 33.6. The highest BCUT2D eigenvalue weighted by atomic mass is 28.4. The summed E-state index contributed by atoms with van der Waals surface area (Å²) in [5.74, 6) is 0. The van der Waals surface area contributed by atoms with Crippen LogP contribution < -0.4 is 0 Å². The first-order valence-corrected chi connectivity index (χ1v) is 34.9. The summed E-state index contributed by atoms with van der Waals surface area (Å²) in [6.07, 6.45) is 1.23. The van der Waals surface area contributed by atoms with Crippen LogP contribution in [0.25, 0.3) is 0 Å². The quantitative estimate of drug-likeness (QED) is 0.124. The lowest BCUT2D eigenvalue weighted by Crippen LogP contribution is -2.50. The van der Waals surface area contributed by atoms with E-state index >= 15 is 0 Å². The number of hydrogen-bond acceptors (Lipinski definition) is 6. The molecule has 13 heteroatoms. The molecule has 224 valence electrons. The average Bonchev–Trinajstić information content (AvgIpc) is 2.70. The van der Waals surface area contributed by atoms with Gasteiger partial charge in [-0.1, -0.05) is 13.3 Å². The van der Waals surface area contributed by atoms with Gasteiger partial charge < -0.3 is 25.6 Å². The molecular weight excluding hydrogens is 581 g/mol. The molecule has 0 saturated heterocycles. The van der Waals surface area contributed by atoms with E-state index in [9.17, 15) is 0 Å². The minimum Gasteiger partial charge on any atom is -0.456 e. The first-order chi connectivity index (χ1) is 16.5. The number of rotatable bonds is 20. The molecule has 0 amide bonds. The maximum atomic E-state index is 7.05. The SMILES string of the molecule is CCC[Si](C)(C)O[Si](C)(C)CC[Si](C)(C)O[Si](C)(C)CC[Si](C)(C)O[Si](C)(C)CC[Si](OC)(OC)OC. The highest BCUT2D eigenvalue weighted by Gasteiger charge is 2.43. The van der Waals surface area contributed by atoms with E-state index in [1.165, 1.54) is 30.6 Å². The molecule has 0 aromatic carbocycles. The Morgan fingerprint density at radius 2 is 0.568 bits per heavy atom. The van der Waals surface area contributed by atoms with E-state index < -0.39 is 58.7 Å². The molecule has 6 nitrogen and oxygen atoms in total. The third-order valence-electron chi connectivity index (χ3n) is 7.13. The lowest BCUT2D eigenvalue weighted by molar-refractivity contribution is 0.125. The van der Waals surface area contributed by atoms with Gasteiger partial charge in [0.1, 0.15) is 0 Å². The van der Waals surface area contributed by atoms with Crippen molar-refractivity contribution in [2.75, 3.05) is 21.3 Å². The van der Waals surface area contributed by atoms with Crippen molar-refractivity contribution >= 4 is 58.7 Å². The van der Waals surface area contributed by atoms with Gasteiger partial charge in [-0.3, -0.25) is 0 Å². The Labute approximate surface area is 239 Å². The van der Waals surface area contributed by atoms with Gasteiger partial charge in [0.15, 0.2) is 49.9 Å². The van der Waals surface area contributed by atoms with E-state index in [1.54, 1.807) is 21.3 Å². The monoisotopic (exact) mass is 644 g/mol. The first-order valence-electron chi connectivity index (χ1n) is 14.2. The van der Waals surface area contributed by atoms with Crippen LogP contribution in [0.2, 0.25) is 121 Å². The van der Waals surface area contributed by atoms with Crippen LogP contribution in [0, 0.1) is 0 Å². The fourth-order valence-electron chi connectivity index (χ4n) is 5.37. The lowest BCUT2D eigenvalue weighted by Gasteiger charge is -2.40. The van der Waals surface area contributed by atoms with Gasteiger partial charge >= 0.3 is 8.80 Å². The van der Waals surface area contributed by atoms with Crippen molar-refractivity contribution < 1.29 is 25.6 Å². The van der Waals surface area contributed by atoms with Gasteiger partial charge in [0, 0.05) is 27.4 Å². The maximum absolute atomic E-state index is 7.05. The summed E-state index contributed by atoms with van der Waals surface area (Å²) in [6, 6.07) is 7.82. The van der Waals surface area contributed by atoms with Crippen LogP contribution in [0.5, 0.6) is 0 Å². The summed E-state index contributed by atoms with van der Waals surface area (Å²) >= 11 is 0. The van der Waals surface area contributed by atoms with Crippen molar-refractivity contribution in [3.05, 3.63) is 0 Å². The summed E-state index contributed by atoms with van der Waals surface area (Å²) < 4.78 is 37.7. The van der Waals surface area contributed by atoms with Crippen molar-refractivity contribution in [2.24, 2.45) is 0 Å². The van der Waals surface area contributed by atoms with Crippen molar-refractivity contribution in [1.29, 1.82) is 0 Å². The molecule has 0 N–H and O–H groups in total. The minimum absolute atomic E-state index is 0.810. The van der Waals surface area contributed by atoms with Gasteiger partial charge in [0.25, 0.3) is 0 Å². The van der Waals surface area contributed by atoms with E-state index in [0.29, 0.717) is 0 Å². The second kappa shape index (κ2) is 15.0. The second-order valence-electron chi connectivity index (χ2n) is 14.4. The molecule has 0 heterocycles. The van der Waals surface area contributed by atoms with Crippen LogP contribution in [0.4, 0.5) is 0 Å². The molecule has 0 aromatic rings. The predicted octanol–water partition coefficient (Wildman–Crippen LogP) is 8.55. The number of hydrogen-bond donors (Lipinski definition) is 0. The van der Waals surface area contributed by atoms with Gasteiger partial charge in [-0.15, -0.1) is 0 Å². The summed E-state index contributed by atoms with van der Waals surface area (Å²) in [7, 11) is -7.91. The van der Waals surface area contributed by atoms with Crippen molar-refractivity contribution in [1.82, 2.24) is 0 Å². The van der Waals surface area contributed by atoms with Gasteiger partial charge in [-0.05, 0) is 115 Å². The Balaban J connectivity index is 4.97. The van der Waals surface area contributed by atoms with Gasteiger partial charge in [-0.25, -0.2) is 0 Å². The standard InChI is InChI=1S/C24H64O6Si7/c1-17-18-31(5,6)28-32(7,8)19-20-33(9,10)29-34(11,12)21-22-35(13,14)30-36(15,16)23-24-37(25-2,26-3)27-4/h17-24H2,1-16H3. The zero-order valence-electron chi connectivity index (χ0n) is 27.6. The molecule has 0 aliphatic carbocycles. The summed E-state index contributed by atoms with van der Waals surface area (Å²) in [5, 5.41) is 0. The van der Waals surface area contributed by atoms with Crippen LogP contribution >= 0.6 is 0 Å². The summed E-state index contributed by atoms with van der Waals surface area (Å²) in [5.41, 5.74) is 0. The van der Waals surface area contributed by atoms with Gasteiger partial charge in [0.2, 0.25) is 0 Å². The van der Waals surface area contributed by atoms with E-state index in [-0.39, 0.29) is 0 Å². The molecular formula is C24H64O6Si7. The minimum atomic E-state index is -2.56. The Kier molecular flexibility index (Phi) is 15.5. The average molecular weight is 645 g/mol. The molecule has 0 aliphatic rings. The largest absolute Gasteiger partial charge is 0.499 e. The molecule has 0 saturated carbocycles. The summed E-state index contributed by atoms with van der Waals surface area (Å²) in [4.78, 5) is 0. The van der Waals surface area contributed by atoms with E-state index in [4.69, 9.17) is 25.6 Å². The Hall–Kier alpha value is 1.28. The third kappa shape index (κ3) is 16.3. The molecule has 0 radical (unpaired) electrons. The fraction of sp³-hybridized carbons (Fsp3) is 1.00. The Morgan fingerprint density at radius 1 is 0.351 bits per heavy atom. The first kappa shape index (κ1) is 38.3. The van der Waals surface area contributed by atoms with E-state index in [0.717, 1.165) is 18.1 Å². The molecule has 0 aliphatic heterocycles. The molecule has 0 unspecified atom stereocenters. The van der Waals surface area contributed by atoms with Gasteiger partial charge in [0.05, 0.1) is 0 Å². The Morgan fingerprint density at radius 3 is 0.784 bits per heavy atom. The smallest absolute Gasteiger partial charge is 0.456 e. The second-order valence-corrected chi connectivity index (χ2v) is 44.1. The molecule has 37 heavy (non-hydrogen) atoms. The van der Waals surface area contributed by atoms with Crippen LogP contribution in [0.3, 0.4) is 0 Å². The van der Waals surface area contributed by atoms with Crippen molar-refractivity contribution in [3.8, 4) is 0 Å². The molecule has 0 aromatic heterocycles. The van der Waals surface area contributed by atoms with Crippen molar-refractivity contribution in [2.45, 2.75) is 134 Å². The predicted molar refractivity (Wildman–Crippen MR) is 179 cm³/mol. The maximum Gasteiger partial charge on any atom is 0.499 e. The van der Waals surface area contributed by atoms with E-state index in [2.05, 4.69) is 85.5 Å². The topological polar surface area (TPSA) is 55.4 Å². The molecule has 0 rings (SSSR count). The summed E-state index contributed by atoms with van der Waals surface area (Å²) in [6.45, 7) is 31.0. The van der Waals surface area contributed by atoms with Crippen LogP contribution in [0.1, 0.15) is 13.3 Å². The molecule has 0 atom stereocenters. The highest BCUT2D eigenvalue weighted by Crippen LogP contribution is 2.33. The van der Waals surface area contributed by atoms with Crippen molar-refractivity contribution in [3.63, 3.8) is 0 Å². The fourth-order valence-corrected chi connectivity index (χ4v) is 41.3. The Bertz CT molecular complexity index is 660. The lowest BCUT2D eigenvalue weighted by atomic mass is 10.6. The van der Waals surface area contributed by atoms with Gasteiger partial charge in [-0.2, -0.15) is 0 Å². The van der Waals surface area contributed by atoms with E-state index in [1.807, 2.05) is 0 Å². The normalized spacial score (nSPS) is 14.9. The zero-order valence-corrected chi connectivity index (χ0v) is 34.6. The molecule has 0 spiro atoms. The van der Waals surface area contributed by atoms with Crippen LogP contribution in [0.15, 0.2) is 0 Å². The van der Waals surface area contributed by atoms with Crippen LogP contribution in [-0.2, 0) is 25.6 Å². The zero-order chi connectivity index (χ0) is 29.4. The molecule has 0 fully saturated rings. The highest BCUT2D eigenvalue weighted by molar-refractivity contribution is 6.89. The molecule has 0 bridgehead atoms. The van der Waals surface area contributed by atoms with Crippen LogP contribution in [-0.4, -0.2) is 80.0 Å².